The third kappa shape index (κ3) is 3.84. The highest BCUT2D eigenvalue weighted by atomic mass is 16.5. The molecule has 102 valence electrons. The summed E-state index contributed by atoms with van der Waals surface area (Å²) in [5.74, 6) is 0.662. The molecule has 0 bridgehead atoms. The minimum Gasteiger partial charge on any atom is -0.489 e. The highest BCUT2D eigenvalue weighted by molar-refractivity contribution is 5.30. The third-order valence-electron chi connectivity index (χ3n) is 3.16. The molecule has 20 heavy (non-hydrogen) atoms. The molecule has 1 atom stereocenters. The Morgan fingerprint density at radius 3 is 2.35 bits per heavy atom. The predicted octanol–water partition coefficient (Wildman–Crippen LogP) is 3.26. The Labute approximate surface area is 119 Å². The Hall–Kier alpha value is -2.31. The summed E-state index contributed by atoms with van der Waals surface area (Å²) in [6, 6.07) is 19.6. The highest BCUT2D eigenvalue weighted by Gasteiger charge is 2.09. The van der Waals surface area contributed by atoms with Crippen LogP contribution in [0.3, 0.4) is 0 Å². The highest BCUT2D eigenvalue weighted by Crippen LogP contribution is 2.22. The van der Waals surface area contributed by atoms with Gasteiger partial charge < -0.3 is 9.84 Å². The molecular formula is C17H17NO2. The molecule has 2 rings (SSSR count). The van der Waals surface area contributed by atoms with Crippen LogP contribution in [0.5, 0.6) is 5.75 Å². The summed E-state index contributed by atoms with van der Waals surface area (Å²) in [4.78, 5) is 0. The van der Waals surface area contributed by atoms with Gasteiger partial charge in [-0.1, -0.05) is 42.5 Å². The van der Waals surface area contributed by atoms with Gasteiger partial charge >= 0.3 is 0 Å². The molecule has 0 aliphatic rings. The fraction of sp³-hybridized carbons (Fsp3) is 0.235. The molecule has 0 aliphatic carbocycles. The standard InChI is InChI=1S/C17H17NO2/c18-11-10-16(12-19)15-6-8-17(9-7-15)20-13-14-4-2-1-3-5-14/h1-9,16,19H,10,12-13H2. The summed E-state index contributed by atoms with van der Waals surface area (Å²) in [5.41, 5.74) is 2.08. The molecule has 1 unspecified atom stereocenters. The van der Waals surface area contributed by atoms with Crippen LogP contribution in [0.25, 0.3) is 0 Å². The van der Waals surface area contributed by atoms with E-state index >= 15 is 0 Å². The van der Waals surface area contributed by atoms with Crippen molar-refractivity contribution in [3.8, 4) is 11.8 Å². The lowest BCUT2D eigenvalue weighted by molar-refractivity contribution is 0.266. The lowest BCUT2D eigenvalue weighted by Gasteiger charge is -2.12. The van der Waals surface area contributed by atoms with E-state index in [1.54, 1.807) is 0 Å². The van der Waals surface area contributed by atoms with E-state index in [-0.39, 0.29) is 12.5 Å². The molecule has 3 nitrogen and oxygen atoms in total. The van der Waals surface area contributed by atoms with Gasteiger partial charge in [0.15, 0.2) is 0 Å². The number of ether oxygens (including phenoxy) is 1. The molecule has 0 radical (unpaired) electrons. The molecular weight excluding hydrogens is 250 g/mol. The molecule has 0 heterocycles. The lowest BCUT2D eigenvalue weighted by Crippen LogP contribution is -2.03. The maximum atomic E-state index is 9.25. The van der Waals surface area contributed by atoms with Crippen molar-refractivity contribution < 1.29 is 9.84 Å². The molecule has 0 fully saturated rings. The van der Waals surface area contributed by atoms with E-state index in [0.717, 1.165) is 16.9 Å². The summed E-state index contributed by atoms with van der Waals surface area (Å²) in [6.45, 7) is 0.513. The van der Waals surface area contributed by atoms with E-state index in [0.29, 0.717) is 13.0 Å². The van der Waals surface area contributed by atoms with Gasteiger partial charge in [-0.3, -0.25) is 0 Å². The number of aliphatic hydroxyl groups excluding tert-OH is 1. The first kappa shape index (κ1) is 14.1. The second-order valence-corrected chi connectivity index (χ2v) is 4.59. The number of nitrogens with zero attached hydrogens (tertiary/aromatic N) is 1. The van der Waals surface area contributed by atoms with Crippen LogP contribution in [0.1, 0.15) is 23.5 Å². The molecule has 0 saturated heterocycles. The van der Waals surface area contributed by atoms with Gasteiger partial charge in [0.25, 0.3) is 0 Å². The van der Waals surface area contributed by atoms with Crippen molar-refractivity contribution in [2.24, 2.45) is 0 Å². The molecule has 2 aromatic carbocycles. The van der Waals surface area contributed by atoms with Crippen LogP contribution in [0.4, 0.5) is 0 Å². The van der Waals surface area contributed by atoms with Crippen molar-refractivity contribution in [2.75, 3.05) is 6.61 Å². The zero-order chi connectivity index (χ0) is 14.2. The number of hydrogen-bond donors (Lipinski definition) is 1. The van der Waals surface area contributed by atoms with E-state index in [4.69, 9.17) is 10.00 Å². The van der Waals surface area contributed by atoms with E-state index in [9.17, 15) is 5.11 Å². The maximum absolute atomic E-state index is 9.25. The van der Waals surface area contributed by atoms with Gasteiger partial charge in [-0.2, -0.15) is 5.26 Å². The quantitative estimate of drug-likeness (QED) is 0.874. The number of rotatable bonds is 6. The monoisotopic (exact) mass is 267 g/mol. The Bertz CT molecular complexity index is 558. The molecule has 0 aliphatic heterocycles. The summed E-state index contributed by atoms with van der Waals surface area (Å²) < 4.78 is 5.69. The van der Waals surface area contributed by atoms with Gasteiger partial charge in [-0.25, -0.2) is 0 Å². The molecule has 0 saturated carbocycles. The van der Waals surface area contributed by atoms with Gasteiger partial charge in [0.1, 0.15) is 12.4 Å². The SMILES string of the molecule is N#CCC(CO)c1ccc(OCc2ccccc2)cc1. The van der Waals surface area contributed by atoms with Gasteiger partial charge in [-0.15, -0.1) is 0 Å². The predicted molar refractivity (Wildman–Crippen MR) is 77.3 cm³/mol. The summed E-state index contributed by atoms with van der Waals surface area (Å²) >= 11 is 0. The second-order valence-electron chi connectivity index (χ2n) is 4.59. The molecule has 3 heteroatoms. The van der Waals surface area contributed by atoms with Crippen molar-refractivity contribution >= 4 is 0 Å². The smallest absolute Gasteiger partial charge is 0.119 e. The Morgan fingerprint density at radius 1 is 1.05 bits per heavy atom. The first-order valence-corrected chi connectivity index (χ1v) is 6.58. The second kappa shape index (κ2) is 7.32. The van der Waals surface area contributed by atoms with Crippen molar-refractivity contribution in [2.45, 2.75) is 18.9 Å². The van der Waals surface area contributed by atoms with Gasteiger partial charge in [0, 0.05) is 12.3 Å². The normalized spacial score (nSPS) is 11.6. The van der Waals surface area contributed by atoms with Crippen molar-refractivity contribution in [3.05, 3.63) is 65.7 Å². The van der Waals surface area contributed by atoms with Crippen LogP contribution in [-0.2, 0) is 6.61 Å². The average molecular weight is 267 g/mol. The van der Waals surface area contributed by atoms with Crippen molar-refractivity contribution in [1.82, 2.24) is 0 Å². The number of hydrogen-bond acceptors (Lipinski definition) is 3. The van der Waals surface area contributed by atoms with Crippen LogP contribution in [0, 0.1) is 11.3 Å². The molecule has 0 aromatic heterocycles. The zero-order valence-electron chi connectivity index (χ0n) is 11.2. The molecule has 0 spiro atoms. The number of nitriles is 1. The molecule has 0 amide bonds. The van der Waals surface area contributed by atoms with Crippen LogP contribution in [0.15, 0.2) is 54.6 Å². The minimum absolute atomic E-state index is 0.0161. The van der Waals surface area contributed by atoms with E-state index in [1.165, 1.54) is 0 Å². The number of benzene rings is 2. The Morgan fingerprint density at radius 2 is 1.75 bits per heavy atom. The van der Waals surface area contributed by atoms with E-state index in [2.05, 4.69) is 6.07 Å². The average Bonchev–Trinajstić information content (AvgIpc) is 2.52. The molecule has 2 aromatic rings. The largest absolute Gasteiger partial charge is 0.489 e. The first-order valence-electron chi connectivity index (χ1n) is 6.58. The minimum atomic E-state index is -0.122. The zero-order valence-corrected chi connectivity index (χ0v) is 11.2. The fourth-order valence-electron chi connectivity index (χ4n) is 1.98. The number of aliphatic hydroxyl groups is 1. The van der Waals surface area contributed by atoms with Crippen LogP contribution in [0.2, 0.25) is 0 Å². The van der Waals surface area contributed by atoms with Gasteiger partial charge in [-0.05, 0) is 23.3 Å². The van der Waals surface area contributed by atoms with Gasteiger partial charge in [0.05, 0.1) is 12.7 Å². The third-order valence-corrected chi connectivity index (χ3v) is 3.16. The Kier molecular flexibility index (Phi) is 5.16. The fourth-order valence-corrected chi connectivity index (χ4v) is 1.98. The Balaban J connectivity index is 1.96. The first-order chi connectivity index (χ1) is 9.83. The summed E-state index contributed by atoms with van der Waals surface area (Å²) in [7, 11) is 0. The van der Waals surface area contributed by atoms with E-state index in [1.807, 2.05) is 54.6 Å². The van der Waals surface area contributed by atoms with Crippen LogP contribution in [-0.4, -0.2) is 11.7 Å². The summed E-state index contributed by atoms with van der Waals surface area (Å²) in [6.07, 6.45) is 0.320. The topological polar surface area (TPSA) is 53.2 Å². The van der Waals surface area contributed by atoms with Crippen molar-refractivity contribution in [3.63, 3.8) is 0 Å². The van der Waals surface area contributed by atoms with E-state index < -0.39 is 0 Å². The van der Waals surface area contributed by atoms with Gasteiger partial charge in [0.2, 0.25) is 0 Å². The maximum Gasteiger partial charge on any atom is 0.119 e. The van der Waals surface area contributed by atoms with Crippen molar-refractivity contribution in [1.29, 1.82) is 5.26 Å². The molecule has 1 N–H and O–H groups in total. The lowest BCUT2D eigenvalue weighted by atomic mass is 9.97. The van der Waals surface area contributed by atoms with Crippen LogP contribution < -0.4 is 4.74 Å². The summed E-state index contributed by atoms with van der Waals surface area (Å²) in [5, 5.41) is 18.0. The van der Waals surface area contributed by atoms with Crippen LogP contribution >= 0.6 is 0 Å².